The van der Waals surface area contributed by atoms with Crippen LogP contribution in [-0.2, 0) is 4.79 Å². The number of hydrogen-bond donors (Lipinski definition) is 3. The van der Waals surface area contributed by atoms with Gasteiger partial charge in [0.2, 0.25) is 0 Å². The number of nitrogens with zero attached hydrogens (tertiary/aromatic N) is 2. The lowest BCUT2D eigenvalue weighted by Gasteiger charge is -2.35. The number of aliphatic carboxylic acids is 1. The van der Waals surface area contributed by atoms with E-state index in [0.29, 0.717) is 6.54 Å². The number of para-hydroxylation sites is 2. The van der Waals surface area contributed by atoms with E-state index < -0.39 is 12.1 Å². The summed E-state index contributed by atoms with van der Waals surface area (Å²) in [6.45, 7) is 1.39. The molecule has 3 N–H and O–H groups in total. The number of carboxylic acids is 1. The highest BCUT2D eigenvalue weighted by Gasteiger charge is 2.24. The van der Waals surface area contributed by atoms with Gasteiger partial charge in [0.15, 0.2) is 6.10 Å². The molecule has 7 heteroatoms. The van der Waals surface area contributed by atoms with E-state index in [2.05, 4.69) is 10.2 Å². The van der Waals surface area contributed by atoms with Crippen LogP contribution < -0.4 is 15.1 Å². The topological polar surface area (TPSA) is 93.1 Å². The lowest BCUT2D eigenvalue weighted by atomic mass is 10.2. The lowest BCUT2D eigenvalue weighted by molar-refractivity contribution is -0.146. The van der Waals surface area contributed by atoms with Crippen LogP contribution in [0.15, 0.2) is 24.3 Å². The van der Waals surface area contributed by atoms with Crippen LogP contribution in [0.1, 0.15) is 6.42 Å². The van der Waals surface area contributed by atoms with Gasteiger partial charge in [-0.05, 0) is 12.1 Å². The fourth-order valence-corrected chi connectivity index (χ4v) is 2.25. The molecule has 1 aromatic rings. The largest absolute Gasteiger partial charge is 0.479 e. The van der Waals surface area contributed by atoms with Gasteiger partial charge < -0.3 is 20.4 Å². The molecule has 0 fully saturated rings. The molecule has 0 aromatic heterocycles. The molecule has 1 unspecified atom stereocenters. The van der Waals surface area contributed by atoms with Crippen molar-refractivity contribution < 1.29 is 19.8 Å². The van der Waals surface area contributed by atoms with E-state index in [1.807, 2.05) is 31.3 Å². The first-order chi connectivity index (χ1) is 10.0. The number of anilines is 2. The minimum atomic E-state index is -1.45. The summed E-state index contributed by atoms with van der Waals surface area (Å²) in [5, 5.41) is 20.4. The van der Waals surface area contributed by atoms with Gasteiger partial charge in [0.05, 0.1) is 11.4 Å². The van der Waals surface area contributed by atoms with Crippen LogP contribution >= 0.6 is 0 Å². The Bertz CT molecular complexity index is 535. The molecule has 7 nitrogen and oxygen atoms in total. The Morgan fingerprint density at radius 3 is 2.62 bits per heavy atom. The third-order valence-corrected chi connectivity index (χ3v) is 3.47. The average Bonchev–Trinajstić information content (AvgIpc) is 2.47. The van der Waals surface area contributed by atoms with Crippen LogP contribution in [0.5, 0.6) is 0 Å². The fraction of sp³-hybridized carbons (Fsp3) is 0.429. The molecule has 114 valence electrons. The summed E-state index contributed by atoms with van der Waals surface area (Å²) in [5.74, 6) is -1.28. The van der Waals surface area contributed by atoms with Crippen molar-refractivity contribution in [2.45, 2.75) is 12.5 Å². The van der Waals surface area contributed by atoms with Gasteiger partial charge in [-0.3, -0.25) is 4.90 Å². The van der Waals surface area contributed by atoms with Gasteiger partial charge in [-0.15, -0.1) is 0 Å². The minimum Gasteiger partial charge on any atom is -0.479 e. The van der Waals surface area contributed by atoms with Crippen molar-refractivity contribution >= 4 is 23.4 Å². The van der Waals surface area contributed by atoms with Gasteiger partial charge >= 0.3 is 12.0 Å². The third kappa shape index (κ3) is 3.43. The van der Waals surface area contributed by atoms with Gasteiger partial charge in [-0.1, -0.05) is 12.1 Å². The van der Waals surface area contributed by atoms with E-state index in [4.69, 9.17) is 5.11 Å². The first kappa shape index (κ1) is 15.1. The Morgan fingerprint density at radius 1 is 1.29 bits per heavy atom. The molecule has 2 amide bonds. The molecule has 0 aliphatic carbocycles. The zero-order valence-corrected chi connectivity index (χ0v) is 11.8. The number of benzene rings is 1. The summed E-state index contributed by atoms with van der Waals surface area (Å²) in [6.07, 6.45) is -1.47. The molecule has 1 aromatic carbocycles. The Kier molecular flexibility index (Phi) is 4.64. The highest BCUT2D eigenvalue weighted by Crippen LogP contribution is 2.31. The molecule has 2 rings (SSSR count). The van der Waals surface area contributed by atoms with Crippen molar-refractivity contribution in [1.29, 1.82) is 0 Å². The molecular formula is C14H19N3O4. The summed E-state index contributed by atoms with van der Waals surface area (Å²) in [6, 6.07) is 7.32. The first-order valence-electron chi connectivity index (χ1n) is 6.77. The van der Waals surface area contributed by atoms with Crippen molar-refractivity contribution in [1.82, 2.24) is 5.32 Å². The molecule has 1 aliphatic heterocycles. The normalized spacial score (nSPS) is 15.3. The second-order valence-electron chi connectivity index (χ2n) is 4.94. The van der Waals surface area contributed by atoms with Gasteiger partial charge in [-0.2, -0.15) is 0 Å². The van der Waals surface area contributed by atoms with E-state index in [-0.39, 0.29) is 19.0 Å². The Morgan fingerprint density at radius 2 is 1.95 bits per heavy atom. The number of hydrogen-bond acceptors (Lipinski definition) is 4. The zero-order valence-electron chi connectivity index (χ0n) is 11.8. The van der Waals surface area contributed by atoms with Crippen molar-refractivity contribution in [2.75, 3.05) is 36.5 Å². The number of carbonyl (C=O) groups excluding carboxylic acids is 1. The first-order valence-corrected chi connectivity index (χ1v) is 6.77. The standard InChI is InChI=1S/C14H19N3O4/c1-16-8-9-17(11-5-3-2-4-10(11)16)14(21)15-7-6-12(18)13(19)20/h2-5,12,18H,6-9H2,1H3,(H,15,21)(H,19,20). The van der Waals surface area contributed by atoms with Gasteiger partial charge in [-0.25, -0.2) is 9.59 Å². The second-order valence-corrected chi connectivity index (χ2v) is 4.94. The Balaban J connectivity index is 1.98. The molecular weight excluding hydrogens is 274 g/mol. The van der Waals surface area contributed by atoms with Crippen molar-refractivity contribution in [3.8, 4) is 0 Å². The number of nitrogens with one attached hydrogen (secondary N) is 1. The Hall–Kier alpha value is -2.28. The van der Waals surface area contributed by atoms with Gasteiger partial charge in [0.25, 0.3) is 0 Å². The number of urea groups is 1. The lowest BCUT2D eigenvalue weighted by Crippen LogP contribution is -2.47. The maximum Gasteiger partial charge on any atom is 0.332 e. The average molecular weight is 293 g/mol. The molecule has 1 atom stereocenters. The number of aliphatic hydroxyl groups is 1. The number of amides is 2. The molecule has 0 bridgehead atoms. The zero-order chi connectivity index (χ0) is 15.4. The predicted molar refractivity (Wildman–Crippen MR) is 78.7 cm³/mol. The fourth-order valence-electron chi connectivity index (χ4n) is 2.25. The summed E-state index contributed by atoms with van der Waals surface area (Å²) in [4.78, 5) is 26.4. The smallest absolute Gasteiger partial charge is 0.332 e. The quantitative estimate of drug-likeness (QED) is 0.751. The maximum atomic E-state index is 12.2. The summed E-state index contributed by atoms with van der Waals surface area (Å²) >= 11 is 0. The molecule has 0 saturated carbocycles. The van der Waals surface area contributed by atoms with E-state index in [1.165, 1.54) is 0 Å². The van der Waals surface area contributed by atoms with Crippen LogP contribution in [0.2, 0.25) is 0 Å². The number of aliphatic hydroxyl groups excluding tert-OH is 1. The number of carbonyl (C=O) groups is 2. The van der Waals surface area contributed by atoms with E-state index >= 15 is 0 Å². The second kappa shape index (κ2) is 6.45. The summed E-state index contributed by atoms with van der Waals surface area (Å²) in [7, 11) is 1.97. The molecule has 1 heterocycles. The molecule has 1 aliphatic rings. The highest BCUT2D eigenvalue weighted by molar-refractivity contribution is 5.96. The van der Waals surface area contributed by atoms with E-state index in [0.717, 1.165) is 17.9 Å². The van der Waals surface area contributed by atoms with E-state index in [1.54, 1.807) is 4.90 Å². The minimum absolute atomic E-state index is 0.0174. The highest BCUT2D eigenvalue weighted by atomic mass is 16.4. The van der Waals surface area contributed by atoms with Gasteiger partial charge in [0, 0.05) is 33.1 Å². The molecule has 0 radical (unpaired) electrons. The van der Waals surface area contributed by atoms with Crippen LogP contribution in [0.25, 0.3) is 0 Å². The number of rotatable bonds is 4. The van der Waals surface area contributed by atoms with Gasteiger partial charge in [0.1, 0.15) is 0 Å². The SMILES string of the molecule is CN1CCN(C(=O)NCCC(O)C(=O)O)c2ccccc21. The number of likely N-dealkylation sites (N-methyl/N-ethyl adjacent to an activating group) is 1. The number of fused-ring (bicyclic) bond motifs is 1. The maximum absolute atomic E-state index is 12.2. The van der Waals surface area contributed by atoms with Crippen molar-refractivity contribution in [2.24, 2.45) is 0 Å². The molecule has 0 saturated heterocycles. The summed E-state index contributed by atoms with van der Waals surface area (Å²) < 4.78 is 0. The van der Waals surface area contributed by atoms with Crippen LogP contribution in [0, 0.1) is 0 Å². The van der Waals surface area contributed by atoms with Crippen LogP contribution in [0.3, 0.4) is 0 Å². The van der Waals surface area contributed by atoms with Crippen molar-refractivity contribution in [3.05, 3.63) is 24.3 Å². The van der Waals surface area contributed by atoms with Crippen LogP contribution in [0.4, 0.5) is 16.2 Å². The monoisotopic (exact) mass is 293 g/mol. The van der Waals surface area contributed by atoms with Crippen LogP contribution in [-0.4, -0.2) is 55.0 Å². The Labute approximate surface area is 122 Å². The van der Waals surface area contributed by atoms with E-state index in [9.17, 15) is 14.7 Å². The van der Waals surface area contributed by atoms with Crippen molar-refractivity contribution in [3.63, 3.8) is 0 Å². The molecule has 21 heavy (non-hydrogen) atoms. The third-order valence-electron chi connectivity index (χ3n) is 3.47. The number of carboxylic acid groups (broad SMARTS) is 1. The predicted octanol–water partition coefficient (Wildman–Crippen LogP) is 0.488. The molecule has 0 spiro atoms. The summed E-state index contributed by atoms with van der Waals surface area (Å²) in [5.41, 5.74) is 1.80.